The van der Waals surface area contributed by atoms with Gasteiger partial charge in [-0.25, -0.2) is 0 Å². The lowest BCUT2D eigenvalue weighted by Crippen LogP contribution is -2.45. The minimum Gasteiger partial charge on any atom is -0.330 e. The molecule has 106 valence electrons. The Morgan fingerprint density at radius 2 is 1.68 bits per heavy atom. The molecule has 0 radical (unpaired) electrons. The highest BCUT2D eigenvalue weighted by atomic mass is 16.2. The Kier molecular flexibility index (Phi) is 4.09. The minimum absolute atomic E-state index is 0.0937. The third kappa shape index (κ3) is 3.34. The summed E-state index contributed by atoms with van der Waals surface area (Å²) < 4.78 is 0. The normalized spacial score (nSPS) is 24.8. The fourth-order valence-electron chi connectivity index (χ4n) is 2.43. The highest BCUT2D eigenvalue weighted by molar-refractivity contribution is 6.12. The second-order valence-corrected chi connectivity index (χ2v) is 7.58. The highest BCUT2D eigenvalue weighted by Crippen LogP contribution is 2.34. The second kappa shape index (κ2) is 4.96. The third-order valence-corrected chi connectivity index (χ3v) is 3.45. The van der Waals surface area contributed by atoms with E-state index in [0.717, 1.165) is 6.42 Å². The maximum atomic E-state index is 12.2. The molecule has 0 saturated carbocycles. The molecule has 19 heavy (non-hydrogen) atoms. The van der Waals surface area contributed by atoms with Gasteiger partial charge in [-0.3, -0.25) is 9.59 Å². The van der Waals surface area contributed by atoms with Gasteiger partial charge in [0.25, 0.3) is 0 Å². The second-order valence-electron chi connectivity index (χ2n) is 7.58. The van der Waals surface area contributed by atoms with Crippen molar-refractivity contribution in [2.75, 3.05) is 6.54 Å². The number of rotatable bonds is 2. The van der Waals surface area contributed by atoms with E-state index in [1.54, 1.807) is 4.90 Å². The number of hydrogen-bond acceptors (Lipinski definition) is 3. The van der Waals surface area contributed by atoms with Gasteiger partial charge in [0.05, 0.1) is 12.1 Å². The molecule has 1 rings (SSSR count). The van der Waals surface area contributed by atoms with Crippen molar-refractivity contribution in [3.63, 3.8) is 0 Å². The molecule has 4 heteroatoms. The first-order valence-electron chi connectivity index (χ1n) is 6.73. The van der Waals surface area contributed by atoms with Crippen LogP contribution in [-0.4, -0.2) is 29.2 Å². The van der Waals surface area contributed by atoms with E-state index in [4.69, 9.17) is 5.26 Å². The van der Waals surface area contributed by atoms with Gasteiger partial charge in [0, 0.05) is 6.54 Å². The fraction of sp³-hybridized carbons (Fsp3) is 0.800. The zero-order valence-corrected chi connectivity index (χ0v) is 12.8. The summed E-state index contributed by atoms with van der Waals surface area (Å²) in [6.07, 6.45) is 0.816. The maximum absolute atomic E-state index is 12.2. The number of carbonyl (C=O) groups excluding carboxylic acids is 2. The SMILES string of the molecule is CC(C)(C)CCN1C(=O)C(C#N)C(=O)C1C(C)(C)C. The van der Waals surface area contributed by atoms with Gasteiger partial charge in [-0.15, -0.1) is 0 Å². The van der Waals surface area contributed by atoms with Crippen molar-refractivity contribution >= 4 is 11.7 Å². The minimum atomic E-state index is -1.11. The van der Waals surface area contributed by atoms with E-state index in [9.17, 15) is 9.59 Å². The largest absolute Gasteiger partial charge is 0.330 e. The van der Waals surface area contributed by atoms with Crippen LogP contribution in [0.2, 0.25) is 0 Å². The molecular formula is C15H24N2O2. The smallest absolute Gasteiger partial charge is 0.248 e. The molecule has 0 aromatic rings. The standard InChI is InChI=1S/C15H24N2O2/c1-14(2,3)7-8-17-12(15(4,5)6)11(18)10(9-16)13(17)19/h10,12H,7-8H2,1-6H3. The zero-order chi connectivity index (χ0) is 15.0. The molecule has 0 aromatic carbocycles. The molecule has 1 aliphatic heterocycles. The van der Waals surface area contributed by atoms with Crippen LogP contribution in [0, 0.1) is 28.1 Å². The van der Waals surface area contributed by atoms with E-state index < -0.39 is 12.0 Å². The van der Waals surface area contributed by atoms with Crippen LogP contribution < -0.4 is 0 Å². The molecular weight excluding hydrogens is 240 g/mol. The van der Waals surface area contributed by atoms with Gasteiger partial charge in [-0.2, -0.15) is 5.26 Å². The molecule has 0 spiro atoms. The predicted octanol–water partition coefficient (Wildman–Crippen LogP) is 2.39. The Hall–Kier alpha value is -1.37. The number of nitrogens with zero attached hydrogens (tertiary/aromatic N) is 2. The first-order chi connectivity index (χ1) is 8.49. The monoisotopic (exact) mass is 264 g/mol. The summed E-state index contributed by atoms with van der Waals surface area (Å²) in [5.74, 6) is -1.67. The van der Waals surface area contributed by atoms with Crippen LogP contribution in [0.25, 0.3) is 0 Å². The summed E-state index contributed by atoms with van der Waals surface area (Å²) in [4.78, 5) is 26.1. The topological polar surface area (TPSA) is 61.2 Å². The summed E-state index contributed by atoms with van der Waals surface area (Å²) >= 11 is 0. The van der Waals surface area contributed by atoms with Crippen LogP contribution in [0.1, 0.15) is 48.0 Å². The van der Waals surface area contributed by atoms with Crippen molar-refractivity contribution < 1.29 is 9.59 Å². The number of ketones is 1. The average molecular weight is 264 g/mol. The summed E-state index contributed by atoms with van der Waals surface area (Å²) in [5, 5.41) is 9.02. The van der Waals surface area contributed by atoms with Gasteiger partial charge in [0.2, 0.25) is 5.91 Å². The Labute approximate surface area is 115 Å². The number of Topliss-reactive ketones (excluding diaryl/α,β-unsaturated/α-hetero) is 1. The molecule has 0 bridgehead atoms. The summed E-state index contributed by atoms with van der Waals surface area (Å²) in [7, 11) is 0. The van der Waals surface area contributed by atoms with Crippen molar-refractivity contribution in [3.05, 3.63) is 0 Å². The van der Waals surface area contributed by atoms with Gasteiger partial charge in [0.1, 0.15) is 0 Å². The van der Waals surface area contributed by atoms with Gasteiger partial charge in [-0.1, -0.05) is 41.5 Å². The quantitative estimate of drug-likeness (QED) is 0.719. The van der Waals surface area contributed by atoms with Crippen LogP contribution in [-0.2, 0) is 9.59 Å². The first-order valence-corrected chi connectivity index (χ1v) is 6.73. The lowest BCUT2D eigenvalue weighted by molar-refractivity contribution is -0.132. The molecule has 1 fully saturated rings. The Morgan fingerprint density at radius 3 is 2.05 bits per heavy atom. The van der Waals surface area contributed by atoms with Crippen LogP contribution >= 0.6 is 0 Å². The number of carbonyl (C=O) groups is 2. The molecule has 2 atom stereocenters. The van der Waals surface area contributed by atoms with E-state index in [-0.39, 0.29) is 22.5 Å². The number of likely N-dealkylation sites (tertiary alicyclic amines) is 1. The van der Waals surface area contributed by atoms with E-state index in [2.05, 4.69) is 20.8 Å². The lowest BCUT2D eigenvalue weighted by atomic mass is 9.82. The highest BCUT2D eigenvalue weighted by Gasteiger charge is 2.51. The Bertz CT molecular complexity index is 421. The Morgan fingerprint density at radius 1 is 1.16 bits per heavy atom. The van der Waals surface area contributed by atoms with Crippen LogP contribution in [0.3, 0.4) is 0 Å². The zero-order valence-electron chi connectivity index (χ0n) is 12.8. The van der Waals surface area contributed by atoms with Crippen LogP contribution in [0.4, 0.5) is 0 Å². The van der Waals surface area contributed by atoms with Crippen molar-refractivity contribution in [1.29, 1.82) is 5.26 Å². The van der Waals surface area contributed by atoms with Gasteiger partial charge >= 0.3 is 0 Å². The molecule has 1 amide bonds. The van der Waals surface area contributed by atoms with Crippen molar-refractivity contribution in [3.8, 4) is 6.07 Å². The van der Waals surface area contributed by atoms with Gasteiger partial charge < -0.3 is 4.90 Å². The summed E-state index contributed by atoms with van der Waals surface area (Å²) in [5.41, 5.74) is -0.243. The molecule has 0 aliphatic carbocycles. The summed E-state index contributed by atoms with van der Waals surface area (Å²) in [6, 6.07) is 1.37. The fourth-order valence-corrected chi connectivity index (χ4v) is 2.43. The number of amides is 1. The molecule has 1 heterocycles. The van der Waals surface area contributed by atoms with E-state index in [0.29, 0.717) is 6.54 Å². The Balaban J connectivity index is 3.01. The average Bonchev–Trinajstić information content (AvgIpc) is 2.45. The van der Waals surface area contributed by atoms with Crippen molar-refractivity contribution in [2.45, 2.75) is 54.0 Å². The van der Waals surface area contributed by atoms with Crippen LogP contribution in [0.15, 0.2) is 0 Å². The molecule has 0 N–H and O–H groups in total. The van der Waals surface area contributed by atoms with Crippen molar-refractivity contribution in [1.82, 2.24) is 4.90 Å². The van der Waals surface area contributed by atoms with Crippen LogP contribution in [0.5, 0.6) is 0 Å². The van der Waals surface area contributed by atoms with E-state index in [1.807, 2.05) is 26.8 Å². The van der Waals surface area contributed by atoms with E-state index >= 15 is 0 Å². The molecule has 1 aliphatic rings. The van der Waals surface area contributed by atoms with E-state index in [1.165, 1.54) is 0 Å². The first kappa shape index (κ1) is 15.7. The summed E-state index contributed by atoms with van der Waals surface area (Å²) in [6.45, 7) is 12.6. The third-order valence-electron chi connectivity index (χ3n) is 3.45. The van der Waals surface area contributed by atoms with Gasteiger partial charge in [-0.05, 0) is 17.3 Å². The molecule has 0 aromatic heterocycles. The molecule has 2 unspecified atom stereocenters. The number of nitriles is 1. The predicted molar refractivity (Wildman–Crippen MR) is 73.1 cm³/mol. The maximum Gasteiger partial charge on any atom is 0.248 e. The number of hydrogen-bond donors (Lipinski definition) is 0. The van der Waals surface area contributed by atoms with Crippen molar-refractivity contribution in [2.24, 2.45) is 16.7 Å². The lowest BCUT2D eigenvalue weighted by Gasteiger charge is -2.35. The molecule has 4 nitrogen and oxygen atoms in total. The molecule has 1 saturated heterocycles. The van der Waals surface area contributed by atoms with Gasteiger partial charge in [0.15, 0.2) is 11.7 Å².